The number of likely N-dealkylation sites (tertiary alicyclic amines) is 3. The van der Waals surface area contributed by atoms with E-state index in [1.165, 1.54) is 0 Å². The van der Waals surface area contributed by atoms with Crippen molar-refractivity contribution < 1.29 is 59.8 Å². The Morgan fingerprint density at radius 1 is 0.587 bits per heavy atom. The number of carboxylic acid groups (broad SMARTS) is 3. The zero-order valence-electron chi connectivity index (χ0n) is 45.4. The summed E-state index contributed by atoms with van der Waals surface area (Å²) in [4.78, 5) is 60.6. The number of aliphatic carboxylic acids is 3. The van der Waals surface area contributed by atoms with Crippen molar-refractivity contribution in [3.05, 3.63) is 0 Å². The molecule has 6 atom stereocenters. The molecule has 0 radical (unpaired) electrons. The van der Waals surface area contributed by atoms with E-state index in [1.807, 2.05) is 33.4 Å². The minimum atomic E-state index is -1.38. The van der Waals surface area contributed by atoms with Crippen molar-refractivity contribution in [3.63, 3.8) is 0 Å². The van der Waals surface area contributed by atoms with E-state index in [1.54, 1.807) is 21.1 Å². The maximum Gasteiger partial charge on any atom is 0.451 e. The molecule has 6 unspecified atom stereocenters. The lowest BCUT2D eigenvalue weighted by molar-refractivity contribution is -0.145. The van der Waals surface area contributed by atoms with Gasteiger partial charge in [-0.1, -0.05) is 19.3 Å². The van der Waals surface area contributed by atoms with Gasteiger partial charge >= 0.3 is 39.3 Å². The minimum absolute atomic E-state index is 0.169. The molecule has 4 saturated heterocycles. The number of guanidine groups is 3. The molecule has 20 N–H and O–H groups in total. The Morgan fingerprint density at radius 3 is 1.19 bits per heavy atom. The maximum absolute atomic E-state index is 11.8. The van der Waals surface area contributed by atoms with Crippen LogP contribution >= 0.6 is 0 Å². The van der Waals surface area contributed by atoms with Crippen molar-refractivity contribution >= 4 is 57.1 Å². The summed E-state index contributed by atoms with van der Waals surface area (Å²) < 4.78 is 0. The normalized spacial score (nSPS) is 26.4. The molecule has 0 bridgehead atoms. The van der Waals surface area contributed by atoms with Crippen LogP contribution < -0.4 is 34.0 Å². The van der Waals surface area contributed by atoms with Crippen molar-refractivity contribution in [2.75, 3.05) is 113 Å². The average Bonchev–Trinajstić information content (AvgIpc) is 3.61. The van der Waals surface area contributed by atoms with E-state index in [0.717, 1.165) is 50.9 Å². The van der Waals surface area contributed by atoms with Gasteiger partial charge in [0.15, 0.2) is 17.9 Å². The summed E-state index contributed by atoms with van der Waals surface area (Å²) in [6, 6.07) is 0.365. The first-order valence-corrected chi connectivity index (χ1v) is 26.5. The van der Waals surface area contributed by atoms with E-state index in [-0.39, 0.29) is 61.9 Å². The molecular weight excluding hydrogens is 975 g/mol. The third kappa shape index (κ3) is 17.5. The van der Waals surface area contributed by atoms with Crippen molar-refractivity contribution in [1.82, 2.24) is 34.7 Å². The summed E-state index contributed by atoms with van der Waals surface area (Å²) in [6.45, 7) is 13.9. The number of likely N-dealkylation sites (N-methyl/N-ethyl adjacent to an activating group) is 3. The SMILES string of the molecule is CCN(C(=NC)N1CC(CCCB(O)O)C(N)(C(=O)O)C1)C1CNC1.CCN(CC1(N)CC1)C(=NC)N1CC(CCCB(O)O)C(N)(C(=O)O)C1.CCN(CCN)C(=NC)N1CC(CCCB(O)O)C(N)(C(=O)O)C1. The Balaban J connectivity index is 0.000000297. The smallest absolute Gasteiger partial charge is 0.451 e. The first kappa shape index (κ1) is 65.2. The first-order valence-electron chi connectivity index (χ1n) is 26.5. The van der Waals surface area contributed by atoms with Crippen molar-refractivity contribution in [3.8, 4) is 0 Å². The number of rotatable bonds is 23. The van der Waals surface area contributed by atoms with E-state index < -0.39 is 55.9 Å². The molecule has 5 rings (SSSR count). The lowest BCUT2D eigenvalue weighted by atomic mass is 9.78. The Bertz CT molecular complexity index is 1910. The van der Waals surface area contributed by atoms with Crippen LogP contribution in [0.2, 0.25) is 19.0 Å². The van der Waals surface area contributed by atoms with E-state index in [9.17, 15) is 29.7 Å². The second-order valence-corrected chi connectivity index (χ2v) is 20.9. The summed E-state index contributed by atoms with van der Waals surface area (Å²) in [6.07, 6.45) is 5.69. The minimum Gasteiger partial charge on any atom is -0.480 e. The number of hydrogen-bond acceptors (Lipinski definition) is 18. The molecule has 75 heavy (non-hydrogen) atoms. The van der Waals surface area contributed by atoms with Gasteiger partial charge in [-0.25, -0.2) is 0 Å². The standard InChI is InChI=1S/C16H32BN5O4.C15H30BN5O4.C14H30BN5O4/c1-3-21(10-15(18)6-7-15)14(20-2)22-9-12(5-4-8-17(25)26)16(19,11-22)13(23)24;1-3-21(12-7-19-8-12)14(18-2)20-9-11(5-4-6-16(24)25)15(17,10-20)13(22)23;1-3-19(8-7-16)13(18-2)20-9-11(5-4-6-15(23)24)14(17,10-20)12(21)22/h12,25-26H,3-11,18-19H2,1-2H3,(H,23,24);11-12,19,24-25H,3-10,17H2,1-2H3,(H,22,23);11,23-24H,3-10,16-17H2,1-2H3,(H,21,22). The van der Waals surface area contributed by atoms with Gasteiger partial charge in [-0.3, -0.25) is 29.4 Å². The Kier molecular flexibility index (Phi) is 25.8. The molecule has 0 aromatic heterocycles. The highest BCUT2D eigenvalue weighted by Crippen LogP contribution is 2.36. The van der Waals surface area contributed by atoms with Crippen molar-refractivity contribution in [2.45, 2.75) is 119 Å². The van der Waals surface area contributed by atoms with E-state index in [4.69, 9.17) is 58.8 Å². The molecule has 27 nitrogen and oxygen atoms in total. The van der Waals surface area contributed by atoms with Gasteiger partial charge in [-0.15, -0.1) is 0 Å². The van der Waals surface area contributed by atoms with Gasteiger partial charge in [0, 0.05) is 136 Å². The van der Waals surface area contributed by atoms with Crippen LogP contribution in [0.1, 0.15) is 72.1 Å². The highest BCUT2D eigenvalue weighted by Gasteiger charge is 2.53. The van der Waals surface area contributed by atoms with Gasteiger partial charge in [0.05, 0.1) is 6.04 Å². The first-order chi connectivity index (χ1) is 35.3. The van der Waals surface area contributed by atoms with Gasteiger partial charge < -0.3 is 109 Å². The van der Waals surface area contributed by atoms with Crippen LogP contribution in [0.3, 0.4) is 0 Å². The van der Waals surface area contributed by atoms with Gasteiger partial charge in [0.1, 0.15) is 16.6 Å². The summed E-state index contributed by atoms with van der Waals surface area (Å²) in [7, 11) is 0.952. The summed E-state index contributed by atoms with van der Waals surface area (Å²) in [5.41, 5.74) is 26.3. The highest BCUT2D eigenvalue weighted by molar-refractivity contribution is 6.41. The Morgan fingerprint density at radius 2 is 0.933 bits per heavy atom. The molecule has 0 aromatic rings. The second kappa shape index (κ2) is 29.6. The van der Waals surface area contributed by atoms with Crippen LogP contribution in [0.25, 0.3) is 0 Å². The summed E-state index contributed by atoms with van der Waals surface area (Å²) in [5, 5.41) is 86.2. The number of carboxylic acids is 3. The van der Waals surface area contributed by atoms with Gasteiger partial charge in [-0.05, 0) is 71.8 Å². The maximum atomic E-state index is 11.8. The number of aliphatic imine (C=N–C) groups is 3. The van der Waals surface area contributed by atoms with Crippen LogP contribution in [0.4, 0.5) is 0 Å². The Hall–Kier alpha value is -4.07. The Labute approximate surface area is 444 Å². The molecule has 4 heterocycles. The van der Waals surface area contributed by atoms with E-state index in [2.05, 4.69) is 37.0 Å². The van der Waals surface area contributed by atoms with Crippen LogP contribution in [0.5, 0.6) is 0 Å². The van der Waals surface area contributed by atoms with E-state index in [0.29, 0.717) is 96.3 Å². The number of nitrogens with two attached hydrogens (primary N) is 5. The highest BCUT2D eigenvalue weighted by atomic mass is 16.4. The van der Waals surface area contributed by atoms with Gasteiger partial charge in [-0.2, -0.15) is 0 Å². The molecule has 1 saturated carbocycles. The molecule has 5 aliphatic rings. The largest absolute Gasteiger partial charge is 0.480 e. The number of hydrogen-bond donors (Lipinski definition) is 15. The predicted molar refractivity (Wildman–Crippen MR) is 290 cm³/mol. The van der Waals surface area contributed by atoms with Crippen LogP contribution in [0.15, 0.2) is 15.0 Å². The van der Waals surface area contributed by atoms with Crippen molar-refractivity contribution in [1.29, 1.82) is 0 Å². The topological polar surface area (TPSA) is 432 Å². The molecule has 0 amide bonds. The number of nitrogens with zero attached hydrogens (tertiary/aromatic N) is 9. The molecule has 428 valence electrons. The fourth-order valence-corrected chi connectivity index (χ4v) is 10.7. The molecule has 0 spiro atoms. The third-order valence-corrected chi connectivity index (χ3v) is 15.5. The van der Waals surface area contributed by atoms with E-state index >= 15 is 0 Å². The van der Waals surface area contributed by atoms with Crippen molar-refractivity contribution in [2.24, 2.45) is 61.4 Å². The molecule has 0 aromatic carbocycles. The number of nitrogens with one attached hydrogen (secondary N) is 1. The fourth-order valence-electron chi connectivity index (χ4n) is 10.7. The molecular formula is C45H92B3N15O12. The zero-order valence-corrected chi connectivity index (χ0v) is 45.4. The lowest BCUT2D eigenvalue weighted by Gasteiger charge is -2.42. The third-order valence-electron chi connectivity index (χ3n) is 15.5. The average molecular weight is 1070 g/mol. The quantitative estimate of drug-likeness (QED) is 0.0259. The van der Waals surface area contributed by atoms with Crippen LogP contribution in [-0.2, 0) is 14.4 Å². The fraction of sp³-hybridized carbons (Fsp3) is 0.867. The monoisotopic (exact) mass is 1070 g/mol. The summed E-state index contributed by atoms with van der Waals surface area (Å²) in [5.74, 6) is -1.73. The molecule has 30 heteroatoms. The lowest BCUT2D eigenvalue weighted by Crippen LogP contribution is -2.62. The molecule has 4 aliphatic heterocycles. The molecule has 5 fully saturated rings. The number of carbonyl (C=O) groups is 3. The van der Waals surface area contributed by atoms with Gasteiger partial charge in [0.2, 0.25) is 0 Å². The second-order valence-electron chi connectivity index (χ2n) is 20.9. The van der Waals surface area contributed by atoms with Crippen LogP contribution in [0, 0.1) is 17.8 Å². The van der Waals surface area contributed by atoms with Gasteiger partial charge in [0.25, 0.3) is 0 Å². The van der Waals surface area contributed by atoms with Crippen LogP contribution in [-0.4, -0.2) is 273 Å². The molecule has 1 aliphatic carbocycles. The predicted octanol–water partition coefficient (Wildman–Crippen LogP) is -4.80. The zero-order chi connectivity index (χ0) is 56.5. The summed E-state index contributed by atoms with van der Waals surface area (Å²) >= 11 is 0.